The van der Waals surface area contributed by atoms with Crippen LogP contribution in [0.4, 0.5) is 0 Å². The Morgan fingerprint density at radius 3 is 2.47 bits per heavy atom. The van der Waals surface area contributed by atoms with E-state index in [1.54, 1.807) is 0 Å². The van der Waals surface area contributed by atoms with Gasteiger partial charge < -0.3 is 20.5 Å². The van der Waals surface area contributed by atoms with E-state index >= 15 is 0 Å². The third-order valence-corrected chi connectivity index (χ3v) is 3.40. The van der Waals surface area contributed by atoms with Crippen LogP contribution in [0.5, 0.6) is 0 Å². The van der Waals surface area contributed by atoms with Crippen molar-refractivity contribution in [2.45, 2.75) is 31.3 Å². The van der Waals surface area contributed by atoms with Crippen LogP contribution in [0, 0.1) is 0 Å². The lowest BCUT2D eigenvalue weighted by atomic mass is 10.0. The lowest BCUT2D eigenvalue weighted by Gasteiger charge is -2.28. The fourth-order valence-corrected chi connectivity index (χ4v) is 2.31. The van der Waals surface area contributed by atoms with Crippen molar-refractivity contribution in [3.8, 4) is 0 Å². The first-order valence-corrected chi connectivity index (χ1v) is 6.05. The first-order valence-electron chi connectivity index (χ1n) is 6.05. The molecule has 1 heterocycles. The van der Waals surface area contributed by atoms with Crippen LogP contribution in [-0.4, -0.2) is 54.4 Å². The van der Waals surface area contributed by atoms with E-state index < -0.39 is 5.60 Å². The first kappa shape index (κ1) is 15.0. The average Bonchev–Trinajstić information content (AvgIpc) is 2.75. The number of aliphatic imine (C=N–C) groups is 1. The Kier molecular flexibility index (Phi) is 5.94. The number of hydrogen-bond acceptors (Lipinski definition) is 3. The van der Waals surface area contributed by atoms with Crippen molar-refractivity contribution in [1.82, 2.24) is 4.90 Å². The highest BCUT2D eigenvalue weighted by Crippen LogP contribution is 2.29. The van der Waals surface area contributed by atoms with Gasteiger partial charge in [0.25, 0.3) is 0 Å². The molecule has 100 valence electrons. The average molecular weight is 355 g/mol. The van der Waals surface area contributed by atoms with Crippen LogP contribution >= 0.6 is 24.0 Å². The van der Waals surface area contributed by atoms with Gasteiger partial charge in [0, 0.05) is 13.1 Å². The summed E-state index contributed by atoms with van der Waals surface area (Å²) < 4.78 is 5.25. The van der Waals surface area contributed by atoms with Crippen molar-refractivity contribution < 1.29 is 9.84 Å². The molecule has 5 nitrogen and oxygen atoms in total. The quantitative estimate of drug-likeness (QED) is 0.431. The van der Waals surface area contributed by atoms with Gasteiger partial charge in [-0.15, -0.1) is 24.0 Å². The third-order valence-electron chi connectivity index (χ3n) is 3.40. The van der Waals surface area contributed by atoms with Gasteiger partial charge >= 0.3 is 0 Å². The molecule has 1 aliphatic heterocycles. The van der Waals surface area contributed by atoms with E-state index in [-0.39, 0.29) is 24.0 Å². The molecule has 2 aliphatic rings. The molecule has 1 aliphatic carbocycles. The SMILES string of the molecule is I.NC(=NCC1(O)CCCC1)N1CCOCC1. The van der Waals surface area contributed by atoms with Gasteiger partial charge in [0.15, 0.2) is 5.96 Å². The second-order valence-electron chi connectivity index (χ2n) is 4.71. The molecule has 0 aromatic heterocycles. The Bertz CT molecular complexity index is 261. The molecule has 0 amide bonds. The van der Waals surface area contributed by atoms with Crippen molar-refractivity contribution >= 4 is 29.9 Å². The lowest BCUT2D eigenvalue weighted by molar-refractivity contribution is 0.0550. The molecule has 0 aromatic carbocycles. The Hall–Kier alpha value is -0.0800. The third kappa shape index (κ3) is 4.26. The van der Waals surface area contributed by atoms with Gasteiger partial charge in [0.1, 0.15) is 0 Å². The van der Waals surface area contributed by atoms with E-state index in [9.17, 15) is 5.11 Å². The predicted molar refractivity (Wildman–Crippen MR) is 77.7 cm³/mol. The number of halogens is 1. The minimum Gasteiger partial charge on any atom is -0.388 e. The highest BCUT2D eigenvalue weighted by molar-refractivity contribution is 14.0. The van der Waals surface area contributed by atoms with E-state index in [1.165, 1.54) is 0 Å². The summed E-state index contributed by atoms with van der Waals surface area (Å²) in [5.74, 6) is 0.545. The molecule has 0 atom stereocenters. The number of guanidine groups is 1. The number of hydrogen-bond donors (Lipinski definition) is 2. The van der Waals surface area contributed by atoms with Crippen LogP contribution in [0.3, 0.4) is 0 Å². The maximum atomic E-state index is 10.1. The van der Waals surface area contributed by atoms with Gasteiger partial charge in [-0.05, 0) is 12.8 Å². The van der Waals surface area contributed by atoms with Crippen molar-refractivity contribution in [3.63, 3.8) is 0 Å². The molecule has 0 spiro atoms. The summed E-state index contributed by atoms with van der Waals surface area (Å²) >= 11 is 0. The summed E-state index contributed by atoms with van der Waals surface area (Å²) in [6.45, 7) is 3.46. The van der Waals surface area contributed by atoms with Crippen molar-refractivity contribution in [3.05, 3.63) is 0 Å². The maximum Gasteiger partial charge on any atom is 0.191 e. The molecule has 0 unspecified atom stereocenters. The van der Waals surface area contributed by atoms with E-state index in [2.05, 4.69) is 4.99 Å². The van der Waals surface area contributed by atoms with Gasteiger partial charge in [0.2, 0.25) is 0 Å². The summed E-state index contributed by atoms with van der Waals surface area (Å²) in [6.07, 6.45) is 3.91. The van der Waals surface area contributed by atoms with E-state index in [0.717, 1.165) is 38.8 Å². The van der Waals surface area contributed by atoms with Crippen LogP contribution in [0.15, 0.2) is 4.99 Å². The van der Waals surface area contributed by atoms with E-state index in [0.29, 0.717) is 25.7 Å². The monoisotopic (exact) mass is 355 g/mol. The smallest absolute Gasteiger partial charge is 0.191 e. The topological polar surface area (TPSA) is 71.1 Å². The Morgan fingerprint density at radius 2 is 1.88 bits per heavy atom. The molecule has 1 saturated carbocycles. The fraction of sp³-hybridized carbons (Fsp3) is 0.909. The fourth-order valence-electron chi connectivity index (χ4n) is 2.31. The number of ether oxygens (including phenoxy) is 1. The second-order valence-corrected chi connectivity index (χ2v) is 4.71. The zero-order valence-electron chi connectivity index (χ0n) is 10.1. The summed E-state index contributed by atoms with van der Waals surface area (Å²) in [7, 11) is 0. The molecule has 2 fully saturated rings. The molecule has 3 N–H and O–H groups in total. The molecule has 1 saturated heterocycles. The second kappa shape index (κ2) is 6.75. The van der Waals surface area contributed by atoms with Gasteiger partial charge in [-0.2, -0.15) is 0 Å². The molecular formula is C11H22IN3O2. The number of nitrogens with zero attached hydrogens (tertiary/aromatic N) is 2. The van der Waals surface area contributed by atoms with Crippen LogP contribution in [0.25, 0.3) is 0 Å². The molecule has 17 heavy (non-hydrogen) atoms. The van der Waals surface area contributed by atoms with Crippen LogP contribution in [-0.2, 0) is 4.74 Å². The summed E-state index contributed by atoms with van der Waals surface area (Å²) in [6, 6.07) is 0. The molecule has 6 heteroatoms. The molecule has 0 bridgehead atoms. The highest BCUT2D eigenvalue weighted by atomic mass is 127. The van der Waals surface area contributed by atoms with Crippen molar-refractivity contribution in [1.29, 1.82) is 0 Å². The van der Waals surface area contributed by atoms with Gasteiger partial charge in [-0.3, -0.25) is 4.99 Å². The minimum atomic E-state index is -0.600. The molecule has 2 rings (SSSR count). The summed E-state index contributed by atoms with van der Waals surface area (Å²) in [5.41, 5.74) is 5.29. The number of nitrogens with two attached hydrogens (primary N) is 1. The highest BCUT2D eigenvalue weighted by Gasteiger charge is 2.30. The predicted octanol–water partition coefficient (Wildman–Crippen LogP) is 0.556. The number of morpholine rings is 1. The Balaban J connectivity index is 0.00000144. The molecular weight excluding hydrogens is 333 g/mol. The van der Waals surface area contributed by atoms with Crippen LogP contribution < -0.4 is 5.73 Å². The zero-order chi connectivity index (χ0) is 11.4. The Labute approximate surface area is 119 Å². The van der Waals surface area contributed by atoms with Gasteiger partial charge in [-0.25, -0.2) is 0 Å². The Morgan fingerprint density at radius 1 is 1.29 bits per heavy atom. The first-order chi connectivity index (χ1) is 7.70. The van der Waals surface area contributed by atoms with E-state index in [4.69, 9.17) is 10.5 Å². The normalized spacial score (nSPS) is 24.5. The maximum absolute atomic E-state index is 10.1. The van der Waals surface area contributed by atoms with E-state index in [1.807, 2.05) is 4.90 Å². The number of rotatable bonds is 2. The standard InChI is InChI=1S/C11H21N3O2.HI/c12-10(14-5-7-16-8-6-14)13-9-11(15)3-1-2-4-11;/h15H,1-9H2,(H2,12,13);1H. The van der Waals surface area contributed by atoms with Crippen molar-refractivity contribution in [2.24, 2.45) is 10.7 Å². The molecule has 0 radical (unpaired) electrons. The largest absolute Gasteiger partial charge is 0.388 e. The summed E-state index contributed by atoms with van der Waals surface area (Å²) in [5, 5.41) is 10.1. The van der Waals surface area contributed by atoms with Crippen molar-refractivity contribution in [2.75, 3.05) is 32.8 Å². The van der Waals surface area contributed by atoms with Crippen LogP contribution in [0.1, 0.15) is 25.7 Å². The lowest BCUT2D eigenvalue weighted by Crippen LogP contribution is -2.45. The van der Waals surface area contributed by atoms with Gasteiger partial charge in [-0.1, -0.05) is 12.8 Å². The number of aliphatic hydroxyl groups is 1. The summed E-state index contributed by atoms with van der Waals surface area (Å²) in [4.78, 5) is 6.33. The minimum absolute atomic E-state index is 0. The van der Waals surface area contributed by atoms with Gasteiger partial charge in [0.05, 0.1) is 25.4 Å². The zero-order valence-corrected chi connectivity index (χ0v) is 12.4. The van der Waals surface area contributed by atoms with Crippen LogP contribution in [0.2, 0.25) is 0 Å². The molecule has 0 aromatic rings.